The third-order valence-electron chi connectivity index (χ3n) is 6.00. The van der Waals surface area contributed by atoms with E-state index in [4.69, 9.17) is 15.2 Å². The summed E-state index contributed by atoms with van der Waals surface area (Å²) in [5.74, 6) is 0.305. The van der Waals surface area contributed by atoms with Gasteiger partial charge in [-0.05, 0) is 44.2 Å². The highest BCUT2D eigenvalue weighted by Crippen LogP contribution is 2.39. The predicted molar refractivity (Wildman–Crippen MR) is 122 cm³/mol. The van der Waals surface area contributed by atoms with E-state index < -0.39 is 24.0 Å². The number of halogens is 3. The predicted octanol–water partition coefficient (Wildman–Crippen LogP) is 4.86. The average molecular weight is 484 g/mol. The lowest BCUT2D eigenvalue weighted by Gasteiger charge is -2.22. The van der Waals surface area contributed by atoms with Crippen LogP contribution in [0.1, 0.15) is 48.9 Å². The van der Waals surface area contributed by atoms with Gasteiger partial charge in [0.05, 0.1) is 18.5 Å². The Morgan fingerprint density at radius 3 is 2.74 bits per heavy atom. The van der Waals surface area contributed by atoms with Crippen molar-refractivity contribution in [2.24, 2.45) is 0 Å². The quantitative estimate of drug-likeness (QED) is 0.446. The molecule has 1 aliphatic rings. The van der Waals surface area contributed by atoms with Crippen molar-refractivity contribution < 1.29 is 22.6 Å². The second-order valence-electron chi connectivity index (χ2n) is 8.17. The zero-order valence-corrected chi connectivity index (χ0v) is 19.3. The van der Waals surface area contributed by atoms with Crippen LogP contribution in [-0.4, -0.2) is 31.7 Å². The van der Waals surface area contributed by atoms with Crippen molar-refractivity contribution in [1.29, 1.82) is 0 Å². The van der Waals surface area contributed by atoms with Crippen LogP contribution in [0.2, 0.25) is 0 Å². The van der Waals surface area contributed by atoms with E-state index in [9.17, 15) is 13.2 Å². The number of aryl methyl sites for hydroxylation is 1. The van der Waals surface area contributed by atoms with Crippen molar-refractivity contribution >= 4 is 5.82 Å². The van der Waals surface area contributed by atoms with Gasteiger partial charge in [0, 0.05) is 41.5 Å². The molecule has 0 saturated carbocycles. The van der Waals surface area contributed by atoms with Gasteiger partial charge in [-0.15, -0.1) is 5.10 Å². The number of methoxy groups -OCH3 is 1. The van der Waals surface area contributed by atoms with Crippen molar-refractivity contribution in [3.8, 4) is 28.6 Å². The first kappa shape index (κ1) is 22.8. The Bertz CT molecular complexity index is 1410. The molecule has 11 heteroatoms. The molecule has 1 aliphatic heterocycles. The average Bonchev–Trinajstić information content (AvgIpc) is 3.41. The molecular formula is C24H23F3N6O2. The third kappa shape index (κ3) is 3.86. The number of nitrogens with two attached hydrogens (primary N) is 1. The first-order chi connectivity index (χ1) is 16.8. The molecular weight excluding hydrogens is 461 g/mol. The largest absolute Gasteiger partial charge is 0.482 e. The topological polar surface area (TPSA) is 93.0 Å². The molecule has 1 aromatic carbocycles. The second kappa shape index (κ2) is 8.64. The van der Waals surface area contributed by atoms with Gasteiger partial charge in [-0.1, -0.05) is 0 Å². The van der Waals surface area contributed by atoms with Crippen molar-refractivity contribution in [2.45, 2.75) is 39.3 Å². The zero-order valence-electron chi connectivity index (χ0n) is 19.3. The van der Waals surface area contributed by atoms with Gasteiger partial charge in [-0.3, -0.25) is 4.68 Å². The number of nitrogen functional groups attached to an aromatic ring is 1. The monoisotopic (exact) mass is 484 g/mol. The highest BCUT2D eigenvalue weighted by molar-refractivity contribution is 5.70. The van der Waals surface area contributed by atoms with E-state index >= 15 is 0 Å². The molecule has 0 aliphatic carbocycles. The van der Waals surface area contributed by atoms with E-state index in [2.05, 4.69) is 15.2 Å². The number of aromatic nitrogens is 5. The number of pyridine rings is 1. The number of ether oxygens (including phenoxy) is 2. The first-order valence-corrected chi connectivity index (χ1v) is 11.0. The van der Waals surface area contributed by atoms with Gasteiger partial charge in [-0.25, -0.2) is 22.8 Å². The van der Waals surface area contributed by atoms with Crippen molar-refractivity contribution in [3.63, 3.8) is 0 Å². The van der Waals surface area contributed by atoms with Crippen LogP contribution in [0.4, 0.5) is 19.0 Å². The molecule has 182 valence electrons. The van der Waals surface area contributed by atoms with Gasteiger partial charge in [-0.2, -0.15) is 5.10 Å². The van der Waals surface area contributed by atoms with E-state index in [-0.39, 0.29) is 12.2 Å². The van der Waals surface area contributed by atoms with Gasteiger partial charge in [0.2, 0.25) is 5.88 Å². The molecule has 0 unspecified atom stereocenters. The van der Waals surface area contributed by atoms with Crippen LogP contribution in [0.3, 0.4) is 0 Å². The summed E-state index contributed by atoms with van der Waals surface area (Å²) in [6.07, 6.45) is -1.72. The van der Waals surface area contributed by atoms with Crippen LogP contribution < -0.4 is 15.2 Å². The molecule has 1 atom stereocenters. The standard InChI is InChI=1S/C24H23F3N6O2/c1-4-32-21-13-7-20(23(28)29-11-13)35-12(2)16-8-14(25)5-6-19(16)33-15(10-18(30-33)22(26)27)9-17(21)24(31-32)34-3/h5-8,10-12,22H,4,9H2,1-3H3,(H2,28,29)/t12-/m1/s1. The number of fused-ring (bicyclic) bond motifs is 7. The van der Waals surface area contributed by atoms with Crippen LogP contribution in [0, 0.1) is 5.82 Å². The number of anilines is 1. The fraction of sp³-hybridized carbons (Fsp3) is 0.292. The van der Waals surface area contributed by atoms with E-state index in [1.807, 2.05) is 6.92 Å². The maximum absolute atomic E-state index is 14.3. The van der Waals surface area contributed by atoms with Gasteiger partial charge in [0.25, 0.3) is 6.43 Å². The number of hydrogen-bond donors (Lipinski definition) is 1. The Hall–Kier alpha value is -4.02. The Balaban J connectivity index is 1.85. The molecule has 4 aromatic rings. The Morgan fingerprint density at radius 1 is 1.23 bits per heavy atom. The van der Waals surface area contributed by atoms with Crippen LogP contribution in [0.5, 0.6) is 11.6 Å². The fourth-order valence-electron chi connectivity index (χ4n) is 4.39. The Morgan fingerprint density at radius 2 is 2.03 bits per heavy atom. The van der Waals surface area contributed by atoms with E-state index in [0.29, 0.717) is 51.9 Å². The molecule has 0 amide bonds. The van der Waals surface area contributed by atoms with Crippen LogP contribution in [-0.2, 0) is 13.0 Å². The lowest BCUT2D eigenvalue weighted by atomic mass is 10.0. The fourth-order valence-corrected chi connectivity index (χ4v) is 4.39. The summed E-state index contributed by atoms with van der Waals surface area (Å²) in [5.41, 5.74) is 9.00. The summed E-state index contributed by atoms with van der Waals surface area (Å²) >= 11 is 0. The molecule has 0 radical (unpaired) electrons. The smallest absolute Gasteiger partial charge is 0.282 e. The number of hydrogen-bond acceptors (Lipinski definition) is 6. The van der Waals surface area contributed by atoms with Crippen LogP contribution in [0.25, 0.3) is 16.9 Å². The minimum atomic E-state index is -2.79. The SMILES string of the molecule is CCn1nc(OC)c2c1-c1cnc(N)c(c1)O[C@H](C)c1cc(F)ccc1-n1nc(C(F)F)cc1C2. The molecule has 3 aromatic heterocycles. The minimum Gasteiger partial charge on any atom is -0.482 e. The maximum Gasteiger partial charge on any atom is 0.282 e. The normalized spacial score (nSPS) is 14.9. The number of benzene rings is 1. The van der Waals surface area contributed by atoms with Crippen LogP contribution in [0.15, 0.2) is 36.5 Å². The highest BCUT2D eigenvalue weighted by Gasteiger charge is 2.27. The van der Waals surface area contributed by atoms with Gasteiger partial charge in [0.15, 0.2) is 11.6 Å². The molecule has 8 nitrogen and oxygen atoms in total. The molecule has 2 N–H and O–H groups in total. The van der Waals surface area contributed by atoms with E-state index in [1.165, 1.54) is 36.1 Å². The molecule has 2 bridgehead atoms. The minimum absolute atomic E-state index is 0.159. The van der Waals surface area contributed by atoms with Gasteiger partial charge >= 0.3 is 0 Å². The highest BCUT2D eigenvalue weighted by atomic mass is 19.3. The summed E-state index contributed by atoms with van der Waals surface area (Å²) in [4.78, 5) is 4.30. The molecule has 4 heterocycles. The van der Waals surface area contributed by atoms with E-state index in [1.54, 1.807) is 23.9 Å². The lowest BCUT2D eigenvalue weighted by Crippen LogP contribution is -2.14. The molecule has 5 rings (SSSR count). The summed E-state index contributed by atoms with van der Waals surface area (Å²) in [7, 11) is 1.50. The van der Waals surface area contributed by atoms with Crippen molar-refractivity contribution in [1.82, 2.24) is 24.5 Å². The molecule has 0 saturated heterocycles. The van der Waals surface area contributed by atoms with Crippen molar-refractivity contribution in [3.05, 3.63) is 64.9 Å². The van der Waals surface area contributed by atoms with Gasteiger partial charge < -0.3 is 15.2 Å². The number of nitrogens with zero attached hydrogens (tertiary/aromatic N) is 5. The Labute approximate surface area is 199 Å². The van der Waals surface area contributed by atoms with E-state index in [0.717, 1.165) is 0 Å². The molecule has 0 spiro atoms. The zero-order chi connectivity index (χ0) is 24.9. The number of alkyl halides is 2. The summed E-state index contributed by atoms with van der Waals surface area (Å²) in [6, 6.07) is 7.13. The van der Waals surface area contributed by atoms with Crippen molar-refractivity contribution in [2.75, 3.05) is 12.8 Å². The maximum atomic E-state index is 14.3. The van der Waals surface area contributed by atoms with Gasteiger partial charge in [0.1, 0.15) is 17.6 Å². The number of rotatable bonds is 3. The third-order valence-corrected chi connectivity index (χ3v) is 6.00. The van der Waals surface area contributed by atoms with Crippen LogP contribution >= 0.6 is 0 Å². The second-order valence-corrected chi connectivity index (χ2v) is 8.17. The summed E-state index contributed by atoms with van der Waals surface area (Å²) < 4.78 is 56.6. The summed E-state index contributed by atoms with van der Waals surface area (Å²) in [5, 5.41) is 8.72. The summed E-state index contributed by atoms with van der Waals surface area (Å²) in [6.45, 7) is 4.17. The first-order valence-electron chi connectivity index (χ1n) is 11.0. The lowest BCUT2D eigenvalue weighted by molar-refractivity contribution is 0.145. The molecule has 0 fully saturated rings. The Kier molecular flexibility index (Phi) is 5.62. The molecule has 35 heavy (non-hydrogen) atoms.